The maximum absolute atomic E-state index is 10.7. The third-order valence-electron chi connectivity index (χ3n) is 2.61. The molecule has 0 aliphatic heterocycles. The maximum atomic E-state index is 10.7. The molecule has 4 nitrogen and oxygen atoms in total. The van der Waals surface area contributed by atoms with Crippen molar-refractivity contribution in [3.63, 3.8) is 0 Å². The van der Waals surface area contributed by atoms with Gasteiger partial charge in [0, 0.05) is 17.8 Å². The molecule has 1 N–H and O–H groups in total. The molecule has 68 valence electrons. The van der Waals surface area contributed by atoms with Crippen LogP contribution in [0.5, 0.6) is 0 Å². The fourth-order valence-electron chi connectivity index (χ4n) is 1.79. The summed E-state index contributed by atoms with van der Waals surface area (Å²) in [7, 11) is 0. The predicted molar refractivity (Wildman–Crippen MR) is 45.1 cm³/mol. The smallest absolute Gasteiger partial charge is 0.307 e. The van der Waals surface area contributed by atoms with E-state index in [2.05, 4.69) is 9.97 Å². The number of carboxylic acid groups (broad SMARTS) is 1. The van der Waals surface area contributed by atoms with Gasteiger partial charge in [-0.1, -0.05) is 6.92 Å². The number of carboxylic acids is 1. The number of hydrogen-bond donors (Lipinski definition) is 1. The van der Waals surface area contributed by atoms with Crippen LogP contribution in [-0.2, 0) is 4.79 Å². The highest BCUT2D eigenvalue weighted by atomic mass is 16.4. The third kappa shape index (κ3) is 1.28. The lowest BCUT2D eigenvalue weighted by Crippen LogP contribution is -2.00. The highest BCUT2D eigenvalue weighted by Crippen LogP contribution is 2.52. The average molecular weight is 178 g/mol. The quantitative estimate of drug-likeness (QED) is 0.731. The Labute approximate surface area is 75.6 Å². The summed E-state index contributed by atoms with van der Waals surface area (Å²) in [4.78, 5) is 18.6. The number of nitrogens with zero attached hydrogens (tertiary/aromatic N) is 2. The van der Waals surface area contributed by atoms with Crippen LogP contribution in [0.15, 0.2) is 18.6 Å². The first kappa shape index (κ1) is 8.16. The van der Waals surface area contributed by atoms with E-state index in [1.165, 1.54) is 6.33 Å². The van der Waals surface area contributed by atoms with Gasteiger partial charge in [-0.25, -0.2) is 9.97 Å². The summed E-state index contributed by atoms with van der Waals surface area (Å²) in [6.45, 7) is 1.94. The highest BCUT2D eigenvalue weighted by Gasteiger charge is 2.53. The molecule has 1 aliphatic rings. The van der Waals surface area contributed by atoms with Gasteiger partial charge in [0.15, 0.2) is 0 Å². The van der Waals surface area contributed by atoms with Crippen LogP contribution in [0.25, 0.3) is 0 Å². The first-order chi connectivity index (χ1) is 6.22. The van der Waals surface area contributed by atoms with Gasteiger partial charge in [-0.05, 0) is 12.0 Å². The lowest BCUT2D eigenvalue weighted by atomic mass is 10.2. The van der Waals surface area contributed by atoms with Gasteiger partial charge in [-0.15, -0.1) is 0 Å². The summed E-state index contributed by atoms with van der Waals surface area (Å²) in [5.74, 6) is -0.695. The molecule has 1 unspecified atom stereocenters. The number of aromatic nitrogens is 2. The lowest BCUT2D eigenvalue weighted by molar-refractivity contribution is -0.138. The fraction of sp³-hybridized carbons (Fsp3) is 0.444. The number of hydrogen-bond acceptors (Lipinski definition) is 3. The SMILES string of the molecule is C[C@@H]1C(C(=O)O)[C@@H]1c1ccncn1. The van der Waals surface area contributed by atoms with Gasteiger partial charge in [0.1, 0.15) is 6.33 Å². The summed E-state index contributed by atoms with van der Waals surface area (Å²) >= 11 is 0. The minimum Gasteiger partial charge on any atom is -0.481 e. The summed E-state index contributed by atoms with van der Waals surface area (Å²) in [5, 5.41) is 8.81. The van der Waals surface area contributed by atoms with E-state index in [1.54, 1.807) is 12.3 Å². The molecule has 1 aromatic heterocycles. The lowest BCUT2D eigenvalue weighted by Gasteiger charge is -1.94. The van der Waals surface area contributed by atoms with Gasteiger partial charge in [0.25, 0.3) is 0 Å². The molecule has 4 heteroatoms. The van der Waals surface area contributed by atoms with Crippen molar-refractivity contribution >= 4 is 5.97 Å². The Morgan fingerprint density at radius 2 is 2.38 bits per heavy atom. The van der Waals surface area contributed by atoms with Crippen molar-refractivity contribution in [2.24, 2.45) is 11.8 Å². The predicted octanol–water partition coefficient (Wildman–Crippen LogP) is 0.911. The monoisotopic (exact) mass is 178 g/mol. The summed E-state index contributed by atoms with van der Waals surface area (Å²) in [6, 6.07) is 1.78. The molecule has 0 radical (unpaired) electrons. The summed E-state index contributed by atoms with van der Waals surface area (Å²) in [5.41, 5.74) is 0.843. The Kier molecular flexibility index (Phi) is 1.76. The Morgan fingerprint density at radius 3 is 2.85 bits per heavy atom. The Hall–Kier alpha value is -1.45. The minimum absolute atomic E-state index is 0.0838. The first-order valence-electron chi connectivity index (χ1n) is 4.20. The second-order valence-corrected chi connectivity index (χ2v) is 3.38. The van der Waals surface area contributed by atoms with Crippen LogP contribution in [0.1, 0.15) is 18.5 Å². The number of carbonyl (C=O) groups is 1. The van der Waals surface area contributed by atoms with E-state index in [-0.39, 0.29) is 17.8 Å². The number of rotatable bonds is 2. The zero-order chi connectivity index (χ0) is 9.42. The second-order valence-electron chi connectivity index (χ2n) is 3.38. The van der Waals surface area contributed by atoms with Gasteiger partial charge < -0.3 is 5.11 Å². The van der Waals surface area contributed by atoms with Gasteiger partial charge in [-0.3, -0.25) is 4.79 Å². The molecular formula is C9H10N2O2. The van der Waals surface area contributed by atoms with E-state index < -0.39 is 5.97 Å². The van der Waals surface area contributed by atoms with Crippen LogP contribution in [0.4, 0.5) is 0 Å². The van der Waals surface area contributed by atoms with Crippen LogP contribution >= 0.6 is 0 Å². The summed E-state index contributed by atoms with van der Waals surface area (Å²) in [6.07, 6.45) is 3.10. The van der Waals surface area contributed by atoms with E-state index in [1.807, 2.05) is 6.92 Å². The molecule has 0 spiro atoms. The zero-order valence-corrected chi connectivity index (χ0v) is 7.21. The third-order valence-corrected chi connectivity index (χ3v) is 2.61. The molecule has 13 heavy (non-hydrogen) atoms. The Balaban J connectivity index is 2.18. The molecule has 1 aliphatic carbocycles. The van der Waals surface area contributed by atoms with Crippen molar-refractivity contribution < 1.29 is 9.90 Å². The highest BCUT2D eigenvalue weighted by molar-refractivity contribution is 5.75. The molecule has 1 aromatic rings. The maximum Gasteiger partial charge on any atom is 0.307 e. The van der Waals surface area contributed by atoms with Crippen LogP contribution in [0, 0.1) is 11.8 Å². The molecule has 1 fully saturated rings. The molecule has 0 aromatic carbocycles. The van der Waals surface area contributed by atoms with E-state index >= 15 is 0 Å². The molecule has 0 saturated heterocycles. The molecular weight excluding hydrogens is 168 g/mol. The normalized spacial score (nSPS) is 31.3. The zero-order valence-electron chi connectivity index (χ0n) is 7.21. The Morgan fingerprint density at radius 1 is 1.62 bits per heavy atom. The van der Waals surface area contributed by atoms with Crippen molar-refractivity contribution in [1.29, 1.82) is 0 Å². The van der Waals surface area contributed by atoms with E-state index in [9.17, 15) is 4.79 Å². The van der Waals surface area contributed by atoms with Crippen LogP contribution in [0.3, 0.4) is 0 Å². The van der Waals surface area contributed by atoms with Crippen molar-refractivity contribution in [1.82, 2.24) is 9.97 Å². The van der Waals surface area contributed by atoms with Crippen molar-refractivity contribution in [3.05, 3.63) is 24.3 Å². The first-order valence-corrected chi connectivity index (χ1v) is 4.20. The van der Waals surface area contributed by atoms with Crippen LogP contribution in [-0.4, -0.2) is 21.0 Å². The van der Waals surface area contributed by atoms with Crippen molar-refractivity contribution in [2.45, 2.75) is 12.8 Å². The molecule has 2 rings (SSSR count). The van der Waals surface area contributed by atoms with Crippen LogP contribution in [0.2, 0.25) is 0 Å². The van der Waals surface area contributed by atoms with Crippen LogP contribution < -0.4 is 0 Å². The largest absolute Gasteiger partial charge is 0.481 e. The molecule has 1 heterocycles. The van der Waals surface area contributed by atoms with E-state index in [4.69, 9.17) is 5.11 Å². The second kappa shape index (κ2) is 2.80. The fourth-order valence-corrected chi connectivity index (χ4v) is 1.79. The van der Waals surface area contributed by atoms with E-state index in [0.29, 0.717) is 0 Å². The Bertz CT molecular complexity index is 326. The van der Waals surface area contributed by atoms with Crippen molar-refractivity contribution in [3.8, 4) is 0 Å². The van der Waals surface area contributed by atoms with Gasteiger partial charge in [0.05, 0.1) is 5.92 Å². The minimum atomic E-state index is -0.726. The van der Waals surface area contributed by atoms with Gasteiger partial charge in [0.2, 0.25) is 0 Å². The molecule has 1 saturated carbocycles. The molecule has 0 bridgehead atoms. The van der Waals surface area contributed by atoms with Gasteiger partial charge >= 0.3 is 5.97 Å². The van der Waals surface area contributed by atoms with E-state index in [0.717, 1.165) is 5.69 Å². The van der Waals surface area contributed by atoms with Gasteiger partial charge in [-0.2, -0.15) is 0 Å². The summed E-state index contributed by atoms with van der Waals surface area (Å²) < 4.78 is 0. The standard InChI is InChI=1S/C9H10N2O2/c1-5-7(8(5)9(12)13)6-2-3-10-4-11-6/h2-5,7-8H,1H3,(H,12,13)/t5-,7-,8?/m0/s1. The molecule has 3 atom stereocenters. The topological polar surface area (TPSA) is 63.1 Å². The average Bonchev–Trinajstić information content (AvgIpc) is 2.79. The molecule has 0 amide bonds. The van der Waals surface area contributed by atoms with Crippen molar-refractivity contribution in [2.75, 3.05) is 0 Å². The number of aliphatic carboxylic acids is 1.